The summed E-state index contributed by atoms with van der Waals surface area (Å²) in [6, 6.07) is 8.76. The van der Waals surface area contributed by atoms with Gasteiger partial charge in [0.2, 0.25) is 5.69 Å². The molecule has 1 amide bonds. The van der Waals surface area contributed by atoms with Gasteiger partial charge in [-0.15, -0.1) is 0 Å². The van der Waals surface area contributed by atoms with Gasteiger partial charge in [0.1, 0.15) is 5.75 Å². The molecular formula is C23H31N4O3+. The number of nitrogens with zero attached hydrogens (tertiary/aromatic N) is 2. The van der Waals surface area contributed by atoms with Crippen molar-refractivity contribution < 1.29 is 19.5 Å². The lowest BCUT2D eigenvalue weighted by molar-refractivity contribution is -0.909. The molecule has 1 fully saturated rings. The average molecular weight is 412 g/mol. The van der Waals surface area contributed by atoms with E-state index in [-0.39, 0.29) is 5.69 Å². The summed E-state index contributed by atoms with van der Waals surface area (Å²) in [7, 11) is 0. The number of aromatic nitrogens is 1. The van der Waals surface area contributed by atoms with Crippen LogP contribution >= 0.6 is 0 Å². The van der Waals surface area contributed by atoms with Crippen LogP contribution in [0.3, 0.4) is 0 Å². The predicted octanol–water partition coefficient (Wildman–Crippen LogP) is 3.75. The van der Waals surface area contributed by atoms with Gasteiger partial charge >= 0.3 is 11.6 Å². The van der Waals surface area contributed by atoms with Crippen molar-refractivity contribution >= 4 is 23.5 Å². The first kappa shape index (κ1) is 21.6. The van der Waals surface area contributed by atoms with Crippen molar-refractivity contribution in [2.45, 2.75) is 52.5 Å². The molecule has 3 rings (SSSR count). The molecule has 1 aromatic carbocycles. The first-order valence-corrected chi connectivity index (χ1v) is 10.5. The highest BCUT2D eigenvalue weighted by molar-refractivity contribution is 6.04. The SMILES string of the molecule is CCOc1cc(N)c(C=NC2CCC(C)CC2)cc1NC(=O)c1cccc(C)[n+]1O. The second-order valence-corrected chi connectivity index (χ2v) is 7.92. The van der Waals surface area contributed by atoms with E-state index in [0.717, 1.165) is 29.1 Å². The molecule has 0 saturated heterocycles. The number of nitrogens with one attached hydrogen (secondary N) is 1. The van der Waals surface area contributed by atoms with Crippen LogP contribution in [0, 0.1) is 12.8 Å². The molecule has 0 atom stereocenters. The number of pyridine rings is 1. The molecule has 0 bridgehead atoms. The zero-order valence-corrected chi connectivity index (χ0v) is 17.9. The van der Waals surface area contributed by atoms with Crippen molar-refractivity contribution in [2.24, 2.45) is 10.9 Å². The number of aliphatic imine (C=N–C) groups is 1. The normalized spacial score (nSPS) is 19.0. The molecular weight excluding hydrogens is 380 g/mol. The minimum Gasteiger partial charge on any atom is -0.492 e. The molecule has 1 heterocycles. The third kappa shape index (κ3) is 5.09. The van der Waals surface area contributed by atoms with Crippen LogP contribution < -0.4 is 20.5 Å². The van der Waals surface area contributed by atoms with Crippen molar-refractivity contribution in [2.75, 3.05) is 17.7 Å². The third-order valence-corrected chi connectivity index (χ3v) is 5.53. The van der Waals surface area contributed by atoms with Crippen LogP contribution in [0.25, 0.3) is 0 Å². The Morgan fingerprint density at radius 1 is 1.33 bits per heavy atom. The van der Waals surface area contributed by atoms with Gasteiger partial charge in [0.15, 0.2) is 0 Å². The van der Waals surface area contributed by atoms with Crippen LogP contribution in [-0.4, -0.2) is 30.0 Å². The monoisotopic (exact) mass is 411 g/mol. The molecule has 0 radical (unpaired) electrons. The molecule has 4 N–H and O–H groups in total. The van der Waals surface area contributed by atoms with Crippen molar-refractivity contribution in [3.05, 3.63) is 47.3 Å². The highest BCUT2D eigenvalue weighted by Crippen LogP contribution is 2.31. The average Bonchev–Trinajstić information content (AvgIpc) is 2.72. The van der Waals surface area contributed by atoms with Crippen molar-refractivity contribution in [1.82, 2.24) is 0 Å². The minimum atomic E-state index is -0.448. The number of benzene rings is 1. The molecule has 1 aliphatic rings. The Balaban J connectivity index is 1.85. The van der Waals surface area contributed by atoms with Gasteiger partial charge in [-0.2, -0.15) is 0 Å². The van der Waals surface area contributed by atoms with Crippen LogP contribution in [0.2, 0.25) is 0 Å². The highest BCUT2D eigenvalue weighted by Gasteiger charge is 2.23. The predicted molar refractivity (Wildman–Crippen MR) is 118 cm³/mol. The summed E-state index contributed by atoms with van der Waals surface area (Å²) in [4.78, 5) is 17.5. The number of ether oxygens (including phenoxy) is 1. The van der Waals surface area contributed by atoms with E-state index in [1.807, 2.05) is 6.92 Å². The Morgan fingerprint density at radius 3 is 2.77 bits per heavy atom. The minimum absolute atomic E-state index is 0.126. The first-order valence-electron chi connectivity index (χ1n) is 10.5. The summed E-state index contributed by atoms with van der Waals surface area (Å²) in [6.07, 6.45) is 6.35. The molecule has 7 heteroatoms. The molecule has 0 aliphatic heterocycles. The quantitative estimate of drug-likeness (QED) is 0.292. The smallest absolute Gasteiger partial charge is 0.325 e. The van der Waals surface area contributed by atoms with Gasteiger partial charge in [0.05, 0.1) is 12.3 Å². The first-order chi connectivity index (χ1) is 14.4. The molecule has 0 unspecified atom stereocenters. The number of aryl methyl sites for hydroxylation is 1. The summed E-state index contributed by atoms with van der Waals surface area (Å²) in [6.45, 7) is 6.29. The molecule has 0 spiro atoms. The lowest BCUT2D eigenvalue weighted by Gasteiger charge is -2.23. The Hall–Kier alpha value is -3.09. The topological polar surface area (TPSA) is 101 Å². The molecule has 1 aliphatic carbocycles. The Kier molecular flexibility index (Phi) is 6.92. The van der Waals surface area contributed by atoms with Crippen molar-refractivity contribution in [3.8, 4) is 5.75 Å². The van der Waals surface area contributed by atoms with E-state index in [9.17, 15) is 10.0 Å². The highest BCUT2D eigenvalue weighted by atomic mass is 16.5. The number of hydrogen-bond acceptors (Lipinski definition) is 5. The molecule has 1 saturated carbocycles. The fraction of sp³-hybridized carbons (Fsp3) is 0.435. The van der Waals surface area contributed by atoms with E-state index in [4.69, 9.17) is 15.5 Å². The van der Waals surface area contributed by atoms with E-state index >= 15 is 0 Å². The van der Waals surface area contributed by atoms with E-state index in [1.54, 1.807) is 43.5 Å². The standard InChI is InChI=1S/C23H30N4O3/c1-4-30-22-13-19(24)17(14-25-18-10-8-15(2)9-11-18)12-20(22)26-23(28)21-7-5-6-16(3)27(21)29/h5-7,12-15,18,24,28-29H,4,8-11H2,1-3H3/p+1. The Morgan fingerprint density at radius 2 is 2.07 bits per heavy atom. The van der Waals surface area contributed by atoms with Crippen LogP contribution in [0.4, 0.5) is 11.4 Å². The molecule has 2 aromatic rings. The van der Waals surface area contributed by atoms with E-state index in [2.05, 4.69) is 12.2 Å². The van der Waals surface area contributed by atoms with Gasteiger partial charge in [-0.05, 0) is 50.7 Å². The van der Waals surface area contributed by atoms with Gasteiger partial charge in [-0.1, -0.05) is 6.92 Å². The van der Waals surface area contributed by atoms with Crippen LogP contribution in [0.15, 0.2) is 35.3 Å². The van der Waals surface area contributed by atoms with Crippen LogP contribution in [0.5, 0.6) is 5.75 Å². The lowest BCUT2D eigenvalue weighted by atomic mass is 9.88. The fourth-order valence-electron chi connectivity index (χ4n) is 3.64. The molecule has 30 heavy (non-hydrogen) atoms. The number of carbonyl (C=O) groups is 1. The summed E-state index contributed by atoms with van der Waals surface area (Å²) in [5.74, 6) is 0.796. The summed E-state index contributed by atoms with van der Waals surface area (Å²) in [5, 5.41) is 13.0. The van der Waals surface area contributed by atoms with E-state index in [0.29, 0.717) is 35.5 Å². The largest absolute Gasteiger partial charge is 0.492 e. The maximum atomic E-state index is 12.8. The lowest BCUT2D eigenvalue weighted by Crippen LogP contribution is -2.42. The maximum Gasteiger partial charge on any atom is 0.325 e. The molecule has 160 valence electrons. The van der Waals surface area contributed by atoms with E-state index < -0.39 is 5.91 Å². The summed E-state index contributed by atoms with van der Waals surface area (Å²) >= 11 is 0. The maximum absolute atomic E-state index is 12.8. The van der Waals surface area contributed by atoms with Gasteiger partial charge in [0.25, 0.3) is 0 Å². The van der Waals surface area contributed by atoms with Gasteiger partial charge in [-0.25, -0.2) is 0 Å². The number of anilines is 2. The number of rotatable bonds is 6. The van der Waals surface area contributed by atoms with Gasteiger partial charge < -0.3 is 15.8 Å². The second kappa shape index (κ2) is 9.61. The Bertz CT molecular complexity index is 934. The molecule has 7 nitrogen and oxygen atoms in total. The van der Waals surface area contributed by atoms with Crippen molar-refractivity contribution in [1.29, 1.82) is 0 Å². The third-order valence-electron chi connectivity index (χ3n) is 5.53. The number of hydrogen-bond donors (Lipinski definition) is 3. The zero-order valence-electron chi connectivity index (χ0n) is 17.9. The van der Waals surface area contributed by atoms with Gasteiger partial charge in [0, 0.05) is 53.4 Å². The van der Waals surface area contributed by atoms with E-state index in [1.165, 1.54) is 12.8 Å². The number of amides is 1. The molecule has 1 aromatic heterocycles. The zero-order chi connectivity index (χ0) is 21.7. The van der Waals surface area contributed by atoms with Crippen LogP contribution in [-0.2, 0) is 0 Å². The number of carbonyl (C=O) groups excluding carboxylic acids is 1. The summed E-state index contributed by atoms with van der Waals surface area (Å²) < 4.78 is 6.52. The summed E-state index contributed by atoms with van der Waals surface area (Å²) in [5.41, 5.74) is 8.65. The van der Waals surface area contributed by atoms with Gasteiger partial charge in [-0.3, -0.25) is 15.0 Å². The Labute approximate surface area is 177 Å². The second-order valence-electron chi connectivity index (χ2n) is 7.92. The number of nitrogens with two attached hydrogens (primary N) is 1. The fourth-order valence-corrected chi connectivity index (χ4v) is 3.64. The van der Waals surface area contributed by atoms with Crippen molar-refractivity contribution in [3.63, 3.8) is 0 Å². The number of nitrogen functional groups attached to an aromatic ring is 1. The van der Waals surface area contributed by atoms with Crippen LogP contribution in [0.1, 0.15) is 61.3 Å².